The van der Waals surface area contributed by atoms with Crippen molar-refractivity contribution in [3.05, 3.63) is 103 Å². The number of nitrogens with one attached hydrogen (secondary N) is 2. The molecule has 41 heavy (non-hydrogen) atoms. The molecule has 0 saturated heterocycles. The third-order valence-electron chi connectivity index (χ3n) is 8.71. The van der Waals surface area contributed by atoms with E-state index in [-0.39, 0.29) is 34.5 Å². The number of rotatable bonds is 4. The Morgan fingerprint density at radius 1 is 1.10 bits per heavy atom. The van der Waals surface area contributed by atoms with Crippen molar-refractivity contribution in [1.82, 2.24) is 14.5 Å². The molecule has 0 saturated carbocycles. The molecule has 2 aromatic carbocycles. The Morgan fingerprint density at radius 3 is 2.54 bits per heavy atom. The van der Waals surface area contributed by atoms with E-state index < -0.39 is 40.3 Å². The SMILES string of the molecule is Cc1c(C2=C(F)CC(C(N)=O)c3[nH]c4c(c32)CCC(C(C)(C)O)C4)cccc1-n1c(=O)[nH]c2c(F)cccc2c1=O. The molecular weight excluding hydrogens is 530 g/mol. The van der Waals surface area contributed by atoms with Gasteiger partial charge in [0.1, 0.15) is 11.6 Å². The summed E-state index contributed by atoms with van der Waals surface area (Å²) >= 11 is 0. The maximum Gasteiger partial charge on any atom is 0.333 e. The number of fused-ring (bicyclic) bond motifs is 4. The Bertz CT molecular complexity index is 1910. The number of H-pyrrole nitrogens is 2. The average molecular weight is 561 g/mol. The van der Waals surface area contributed by atoms with Gasteiger partial charge in [0, 0.05) is 28.9 Å². The van der Waals surface area contributed by atoms with Gasteiger partial charge in [-0.15, -0.1) is 0 Å². The minimum absolute atomic E-state index is 0.00474. The molecule has 0 radical (unpaired) electrons. The van der Waals surface area contributed by atoms with Crippen molar-refractivity contribution in [2.24, 2.45) is 11.7 Å². The predicted octanol–water partition coefficient (Wildman–Crippen LogP) is 4.03. The highest BCUT2D eigenvalue weighted by Crippen LogP contribution is 2.48. The topological polar surface area (TPSA) is 134 Å². The van der Waals surface area contributed by atoms with Crippen molar-refractivity contribution in [2.45, 2.75) is 58.0 Å². The molecule has 0 fully saturated rings. The molecule has 0 aliphatic heterocycles. The summed E-state index contributed by atoms with van der Waals surface area (Å²) in [6.07, 6.45) is 1.54. The van der Waals surface area contributed by atoms with Gasteiger partial charge < -0.3 is 20.8 Å². The Kier molecular flexibility index (Phi) is 6.15. The van der Waals surface area contributed by atoms with Crippen molar-refractivity contribution in [1.29, 1.82) is 0 Å². The summed E-state index contributed by atoms with van der Waals surface area (Å²) in [6.45, 7) is 5.22. The second-order valence-corrected chi connectivity index (χ2v) is 11.6. The van der Waals surface area contributed by atoms with E-state index in [1.165, 1.54) is 12.1 Å². The van der Waals surface area contributed by atoms with E-state index >= 15 is 4.39 Å². The van der Waals surface area contributed by atoms with Crippen LogP contribution in [0.3, 0.4) is 0 Å². The number of amides is 1. The van der Waals surface area contributed by atoms with E-state index in [2.05, 4.69) is 9.97 Å². The molecule has 2 atom stereocenters. The molecule has 2 unspecified atom stereocenters. The fraction of sp³-hybridized carbons (Fsp3) is 0.323. The number of nitrogens with two attached hydrogens (primary N) is 1. The largest absolute Gasteiger partial charge is 0.390 e. The van der Waals surface area contributed by atoms with Gasteiger partial charge in [0.25, 0.3) is 5.56 Å². The van der Waals surface area contributed by atoms with Gasteiger partial charge in [-0.25, -0.2) is 18.1 Å². The van der Waals surface area contributed by atoms with Crippen LogP contribution in [-0.4, -0.2) is 31.1 Å². The zero-order valence-corrected chi connectivity index (χ0v) is 22.9. The van der Waals surface area contributed by atoms with E-state index in [9.17, 15) is 23.9 Å². The first kappa shape index (κ1) is 26.9. The lowest BCUT2D eigenvalue weighted by Crippen LogP contribution is -2.35. The average Bonchev–Trinajstić information content (AvgIpc) is 3.28. The maximum atomic E-state index is 16.1. The van der Waals surface area contributed by atoms with Crippen molar-refractivity contribution in [3.63, 3.8) is 0 Å². The zero-order chi connectivity index (χ0) is 29.4. The highest BCUT2D eigenvalue weighted by Gasteiger charge is 2.40. The van der Waals surface area contributed by atoms with E-state index in [0.29, 0.717) is 41.6 Å². The number of carbonyl (C=O) groups is 1. The normalized spacial score (nSPS) is 18.9. The van der Waals surface area contributed by atoms with Crippen LogP contribution < -0.4 is 17.0 Å². The highest BCUT2D eigenvalue weighted by atomic mass is 19.1. The number of benzene rings is 2. The van der Waals surface area contributed by atoms with Crippen LogP contribution in [0.15, 0.2) is 51.8 Å². The summed E-state index contributed by atoms with van der Waals surface area (Å²) in [5, 5.41) is 10.7. The minimum Gasteiger partial charge on any atom is -0.390 e. The van der Waals surface area contributed by atoms with Gasteiger partial charge in [0.15, 0.2) is 0 Å². The van der Waals surface area contributed by atoms with Crippen molar-refractivity contribution < 1.29 is 18.7 Å². The van der Waals surface area contributed by atoms with Gasteiger partial charge in [0.05, 0.1) is 28.1 Å². The molecule has 5 N–H and O–H groups in total. The molecule has 10 heteroatoms. The van der Waals surface area contributed by atoms with E-state index in [0.717, 1.165) is 21.9 Å². The number of nitrogens with zero attached hydrogens (tertiary/aromatic N) is 1. The standard InChI is InChI=1S/C31H30F2N4O4/c1-14-16(6-5-9-23(14)37-29(39)18-7-4-8-20(32)26(18)36-30(37)40)24-21(33)13-19(28(34)38)27-25(24)17-11-10-15(31(2,3)41)12-22(17)35-27/h4-9,15,19,35,41H,10-13H2,1-3H3,(H2,34,38)(H,36,40). The minimum atomic E-state index is -0.912. The Balaban J connectivity index is 1.56. The summed E-state index contributed by atoms with van der Waals surface area (Å²) in [5.74, 6) is -2.80. The van der Waals surface area contributed by atoms with Crippen LogP contribution in [0.25, 0.3) is 22.2 Å². The Hall–Kier alpha value is -4.31. The second kappa shape index (κ2) is 9.37. The first-order valence-electron chi connectivity index (χ1n) is 13.6. The molecular formula is C31H30F2N4O4. The number of allylic oxidation sites excluding steroid dienone is 1. The fourth-order valence-electron chi connectivity index (χ4n) is 6.48. The number of hydrogen-bond donors (Lipinski definition) is 4. The monoisotopic (exact) mass is 560 g/mol. The van der Waals surface area contributed by atoms with Crippen molar-refractivity contribution in [2.75, 3.05) is 0 Å². The molecule has 1 amide bonds. The van der Waals surface area contributed by atoms with Crippen LogP contribution in [0.2, 0.25) is 0 Å². The van der Waals surface area contributed by atoms with Gasteiger partial charge >= 0.3 is 5.69 Å². The number of carbonyl (C=O) groups excluding carboxylic acids is 1. The summed E-state index contributed by atoms with van der Waals surface area (Å²) in [5.41, 5.74) is 7.35. The molecule has 2 aliphatic rings. The smallest absolute Gasteiger partial charge is 0.333 e. The highest BCUT2D eigenvalue weighted by molar-refractivity contribution is 5.93. The number of halogens is 2. The second-order valence-electron chi connectivity index (χ2n) is 11.6. The molecule has 2 aromatic heterocycles. The summed E-state index contributed by atoms with van der Waals surface area (Å²) in [7, 11) is 0. The lowest BCUT2D eigenvalue weighted by Gasteiger charge is -2.33. The maximum absolute atomic E-state index is 16.1. The molecule has 2 aliphatic carbocycles. The van der Waals surface area contributed by atoms with E-state index in [4.69, 9.17) is 5.73 Å². The van der Waals surface area contributed by atoms with Gasteiger partial charge in [0.2, 0.25) is 5.91 Å². The number of aromatic nitrogens is 3. The van der Waals surface area contributed by atoms with E-state index in [1.54, 1.807) is 39.0 Å². The first-order chi connectivity index (χ1) is 19.4. The number of aliphatic hydroxyl groups is 1. The first-order valence-corrected chi connectivity index (χ1v) is 13.6. The molecule has 6 rings (SSSR count). The Labute approximate surface area is 233 Å². The number of primary amides is 1. The lowest BCUT2D eigenvalue weighted by atomic mass is 9.75. The van der Waals surface area contributed by atoms with Crippen molar-refractivity contribution in [3.8, 4) is 5.69 Å². The zero-order valence-electron chi connectivity index (χ0n) is 22.9. The third-order valence-corrected chi connectivity index (χ3v) is 8.71. The summed E-state index contributed by atoms with van der Waals surface area (Å²) in [4.78, 5) is 44.7. The molecule has 0 spiro atoms. The predicted molar refractivity (Wildman–Crippen MR) is 151 cm³/mol. The number of para-hydroxylation sites is 1. The number of hydrogen-bond acceptors (Lipinski definition) is 4. The van der Waals surface area contributed by atoms with Crippen LogP contribution in [-0.2, 0) is 17.6 Å². The van der Waals surface area contributed by atoms with Gasteiger partial charge in [-0.1, -0.05) is 18.2 Å². The third kappa shape index (κ3) is 4.16. The summed E-state index contributed by atoms with van der Waals surface area (Å²) in [6, 6.07) is 8.90. The van der Waals surface area contributed by atoms with Crippen LogP contribution in [0, 0.1) is 18.7 Å². The van der Waals surface area contributed by atoms with E-state index in [1.807, 2.05) is 0 Å². The molecule has 2 heterocycles. The van der Waals surface area contributed by atoms with Crippen LogP contribution in [0.5, 0.6) is 0 Å². The number of aromatic amines is 2. The van der Waals surface area contributed by atoms with Crippen LogP contribution in [0.1, 0.15) is 66.2 Å². The lowest BCUT2D eigenvalue weighted by molar-refractivity contribution is -0.119. The van der Waals surface area contributed by atoms with Gasteiger partial charge in [-0.2, -0.15) is 0 Å². The van der Waals surface area contributed by atoms with Gasteiger partial charge in [-0.05, 0) is 80.8 Å². The van der Waals surface area contributed by atoms with Crippen LogP contribution in [0.4, 0.5) is 8.78 Å². The molecule has 0 bridgehead atoms. The summed E-state index contributed by atoms with van der Waals surface area (Å²) < 4.78 is 31.3. The molecule has 4 aromatic rings. The van der Waals surface area contributed by atoms with Crippen molar-refractivity contribution >= 4 is 22.4 Å². The fourth-order valence-corrected chi connectivity index (χ4v) is 6.48. The van der Waals surface area contributed by atoms with Crippen LogP contribution >= 0.6 is 0 Å². The quantitative estimate of drug-likeness (QED) is 0.300. The van der Waals surface area contributed by atoms with Gasteiger partial charge in [-0.3, -0.25) is 9.59 Å². The molecule has 8 nitrogen and oxygen atoms in total. The molecule has 212 valence electrons. The Morgan fingerprint density at radius 2 is 1.83 bits per heavy atom.